The highest BCUT2D eigenvalue weighted by Gasteiger charge is 2.59. The van der Waals surface area contributed by atoms with Gasteiger partial charge < -0.3 is 15.4 Å². The summed E-state index contributed by atoms with van der Waals surface area (Å²) >= 11 is 0. The van der Waals surface area contributed by atoms with E-state index in [0.717, 1.165) is 56.5 Å². The Morgan fingerprint density at radius 3 is 2.57 bits per heavy atom. The Morgan fingerprint density at radius 2 is 1.96 bits per heavy atom. The molecule has 1 aromatic heterocycles. The number of nitrogens with zero attached hydrogens (tertiary/aromatic N) is 3. The van der Waals surface area contributed by atoms with Crippen LogP contribution in [0.1, 0.15) is 55.8 Å². The second-order valence-corrected chi connectivity index (χ2v) is 9.73. The zero-order chi connectivity index (χ0) is 19.6. The number of rotatable bonds is 3. The summed E-state index contributed by atoms with van der Waals surface area (Å²) in [6.45, 7) is 3.43. The molecule has 3 unspecified atom stereocenters. The molecular weight excluding hydrogens is 356 g/mol. The Labute approximate surface area is 165 Å². The van der Waals surface area contributed by atoms with Crippen molar-refractivity contribution in [1.29, 1.82) is 0 Å². The predicted octanol–water partition coefficient (Wildman–Crippen LogP) is 2.33. The number of aromatic nitrogens is 2. The van der Waals surface area contributed by atoms with E-state index in [-0.39, 0.29) is 29.4 Å². The van der Waals surface area contributed by atoms with E-state index in [0.29, 0.717) is 24.3 Å². The molecule has 4 saturated carbocycles. The Kier molecular flexibility index (Phi) is 4.00. The maximum atomic E-state index is 12.9. The lowest BCUT2D eigenvalue weighted by molar-refractivity contribution is -0.161. The van der Waals surface area contributed by atoms with Gasteiger partial charge in [0.2, 0.25) is 5.91 Å². The number of carbonyl (C=O) groups excluding carboxylic acids is 2. The van der Waals surface area contributed by atoms with Gasteiger partial charge in [-0.1, -0.05) is 0 Å². The number of carbonyl (C=O) groups is 2. The van der Waals surface area contributed by atoms with Crippen LogP contribution in [0.5, 0.6) is 0 Å². The van der Waals surface area contributed by atoms with Gasteiger partial charge in [0.1, 0.15) is 6.10 Å². The van der Waals surface area contributed by atoms with Crippen molar-refractivity contribution in [2.75, 3.05) is 13.1 Å². The number of ether oxygens (including phenoxy) is 1. The van der Waals surface area contributed by atoms with Crippen molar-refractivity contribution in [3.05, 3.63) is 17.5 Å². The van der Waals surface area contributed by atoms with Crippen LogP contribution in [0.2, 0.25) is 0 Å². The van der Waals surface area contributed by atoms with E-state index in [4.69, 9.17) is 10.5 Å². The van der Waals surface area contributed by atoms with Crippen LogP contribution in [0, 0.1) is 30.1 Å². The van der Waals surface area contributed by atoms with Crippen LogP contribution in [0.4, 0.5) is 4.79 Å². The molecule has 0 radical (unpaired) electrons. The number of amides is 2. The summed E-state index contributed by atoms with van der Waals surface area (Å²) < 4.78 is 7.95. The molecule has 5 fully saturated rings. The van der Waals surface area contributed by atoms with Crippen LogP contribution in [0.25, 0.3) is 0 Å². The van der Waals surface area contributed by atoms with Gasteiger partial charge in [0.05, 0.1) is 11.1 Å². The summed E-state index contributed by atoms with van der Waals surface area (Å²) in [7, 11) is 1.95. The predicted molar refractivity (Wildman–Crippen MR) is 102 cm³/mol. The van der Waals surface area contributed by atoms with E-state index in [1.165, 1.54) is 0 Å². The van der Waals surface area contributed by atoms with Gasteiger partial charge >= 0.3 is 6.09 Å². The maximum absolute atomic E-state index is 12.9. The third kappa shape index (κ3) is 2.73. The van der Waals surface area contributed by atoms with Crippen molar-refractivity contribution >= 4 is 12.0 Å². The number of hydrogen-bond donors (Lipinski definition) is 1. The van der Waals surface area contributed by atoms with Gasteiger partial charge in [-0.2, -0.15) is 5.10 Å². The van der Waals surface area contributed by atoms with Crippen LogP contribution in [0.3, 0.4) is 0 Å². The van der Waals surface area contributed by atoms with Gasteiger partial charge in [-0.15, -0.1) is 0 Å². The molecule has 2 amide bonds. The molecule has 4 bridgehead atoms. The van der Waals surface area contributed by atoms with Crippen LogP contribution in [0.15, 0.2) is 6.07 Å². The zero-order valence-corrected chi connectivity index (χ0v) is 16.8. The third-order valence-corrected chi connectivity index (χ3v) is 7.94. The highest BCUT2D eigenvalue weighted by Crippen LogP contribution is 2.60. The van der Waals surface area contributed by atoms with E-state index in [1.807, 2.05) is 23.6 Å². The molecule has 4 aliphatic carbocycles. The van der Waals surface area contributed by atoms with Gasteiger partial charge in [0.25, 0.3) is 0 Å². The lowest BCUT2D eigenvalue weighted by atomic mass is 9.48. The largest absolute Gasteiger partial charge is 0.446 e. The highest BCUT2D eigenvalue weighted by molar-refractivity contribution is 5.81. The molecule has 6 rings (SSSR count). The van der Waals surface area contributed by atoms with E-state index >= 15 is 0 Å². The Bertz CT molecular complexity index is 783. The van der Waals surface area contributed by atoms with Crippen molar-refractivity contribution in [1.82, 2.24) is 14.7 Å². The van der Waals surface area contributed by atoms with Crippen LogP contribution < -0.4 is 5.73 Å². The first-order chi connectivity index (χ1) is 13.3. The molecule has 28 heavy (non-hydrogen) atoms. The van der Waals surface area contributed by atoms with Crippen LogP contribution >= 0.6 is 0 Å². The number of aryl methyl sites for hydroxylation is 2. The number of likely N-dealkylation sites (tertiary alicyclic amines) is 1. The first kappa shape index (κ1) is 18.0. The lowest BCUT2D eigenvalue weighted by Crippen LogP contribution is -2.59. The molecule has 7 nitrogen and oxygen atoms in total. The number of hydrogen-bond acceptors (Lipinski definition) is 4. The minimum atomic E-state index is -0.338. The standard InChI is InChI=1S/C21H30N4O3/c1-12-5-17(23-24(12)2)14-3-4-25(11-14)20(27)28-18-15-6-13-7-16(18)10-21(8-13,9-15)19(22)26/h5,13-16,18H,3-4,6-11H2,1-2H3,(H2,22,26)/t13?,14?,15?,16?,18-,21-. The summed E-state index contributed by atoms with van der Waals surface area (Å²) in [4.78, 5) is 26.8. The monoisotopic (exact) mass is 386 g/mol. The Hall–Kier alpha value is -2.05. The minimum absolute atomic E-state index is 0.0485. The fourth-order valence-electron chi connectivity index (χ4n) is 6.62. The first-order valence-electron chi connectivity index (χ1n) is 10.6. The SMILES string of the molecule is Cc1cc(C2CCN(C(=O)O[C@H]3C4CC5CC3C[C@](C(N)=O)(C5)C4)C2)nn1C. The summed E-state index contributed by atoms with van der Waals surface area (Å²) in [5, 5.41) is 4.58. The van der Waals surface area contributed by atoms with Crippen molar-refractivity contribution < 1.29 is 14.3 Å². The normalized spacial score (nSPS) is 38.8. The smallest absolute Gasteiger partial charge is 0.410 e. The van der Waals surface area contributed by atoms with E-state index < -0.39 is 0 Å². The van der Waals surface area contributed by atoms with Crippen molar-refractivity contribution in [3.63, 3.8) is 0 Å². The van der Waals surface area contributed by atoms with Gasteiger partial charge in [0, 0.05) is 31.7 Å². The second kappa shape index (κ2) is 6.22. The Morgan fingerprint density at radius 1 is 1.25 bits per heavy atom. The van der Waals surface area contributed by atoms with Gasteiger partial charge in [-0.3, -0.25) is 9.48 Å². The molecule has 152 valence electrons. The minimum Gasteiger partial charge on any atom is -0.446 e. The summed E-state index contributed by atoms with van der Waals surface area (Å²) in [6, 6.07) is 2.11. The fourth-order valence-corrected chi connectivity index (χ4v) is 6.62. The quantitative estimate of drug-likeness (QED) is 0.863. The molecule has 3 atom stereocenters. The molecule has 2 heterocycles. The molecule has 0 spiro atoms. The molecule has 1 aliphatic heterocycles. The molecule has 5 aliphatic rings. The maximum Gasteiger partial charge on any atom is 0.410 e. The average molecular weight is 386 g/mol. The highest BCUT2D eigenvalue weighted by atomic mass is 16.6. The third-order valence-electron chi connectivity index (χ3n) is 7.94. The summed E-state index contributed by atoms with van der Waals surface area (Å²) in [5.41, 5.74) is 7.62. The summed E-state index contributed by atoms with van der Waals surface area (Å²) in [5.74, 6) is 1.29. The topological polar surface area (TPSA) is 90.4 Å². The van der Waals surface area contributed by atoms with Gasteiger partial charge in [0.15, 0.2) is 0 Å². The van der Waals surface area contributed by atoms with Crippen LogP contribution in [-0.4, -0.2) is 45.9 Å². The molecule has 1 aromatic rings. The van der Waals surface area contributed by atoms with Crippen molar-refractivity contribution in [2.24, 2.45) is 36.0 Å². The fraction of sp³-hybridized carbons (Fsp3) is 0.762. The molecular formula is C21H30N4O3. The Balaban J connectivity index is 1.24. The van der Waals surface area contributed by atoms with E-state index in [9.17, 15) is 9.59 Å². The molecule has 2 N–H and O–H groups in total. The second-order valence-electron chi connectivity index (χ2n) is 9.73. The number of nitrogens with two attached hydrogens (primary N) is 1. The molecule has 0 aromatic carbocycles. The van der Waals surface area contributed by atoms with Crippen LogP contribution in [-0.2, 0) is 16.6 Å². The summed E-state index contributed by atoms with van der Waals surface area (Å²) in [6.07, 6.45) is 5.35. The van der Waals surface area contributed by atoms with Gasteiger partial charge in [-0.25, -0.2) is 4.79 Å². The molecule has 7 heteroatoms. The van der Waals surface area contributed by atoms with E-state index in [2.05, 4.69) is 11.2 Å². The first-order valence-corrected chi connectivity index (χ1v) is 10.6. The van der Waals surface area contributed by atoms with E-state index in [1.54, 1.807) is 0 Å². The number of primary amides is 1. The van der Waals surface area contributed by atoms with Crippen molar-refractivity contribution in [3.8, 4) is 0 Å². The molecule has 1 saturated heterocycles. The van der Waals surface area contributed by atoms with Crippen molar-refractivity contribution in [2.45, 2.75) is 57.5 Å². The van der Waals surface area contributed by atoms with Gasteiger partial charge in [-0.05, 0) is 69.3 Å². The lowest BCUT2D eigenvalue weighted by Gasteiger charge is -2.58. The average Bonchev–Trinajstić information content (AvgIpc) is 3.25. The zero-order valence-electron chi connectivity index (χ0n) is 16.8.